The standard InChI is InChI=1S/C25H28ClN3O3/c1-2-25(20-9-6-10-21(26)16-20)23(31)29(24(32)27-25)17-22(30)28-13-11-19(12-14-28)15-18-7-4-3-5-8-18/h3-10,16,19H,2,11-15,17H2,1H3,(H,27,32)/t25-/m0/s1. The highest BCUT2D eigenvalue weighted by Gasteiger charge is 2.52. The normalized spacial score (nSPS) is 21.7. The molecular weight excluding hydrogens is 426 g/mol. The van der Waals surface area contributed by atoms with Crippen LogP contribution in [0.5, 0.6) is 0 Å². The first-order valence-corrected chi connectivity index (χ1v) is 11.5. The number of hydrogen-bond acceptors (Lipinski definition) is 3. The summed E-state index contributed by atoms with van der Waals surface area (Å²) in [6.45, 7) is 2.89. The summed E-state index contributed by atoms with van der Waals surface area (Å²) in [6, 6.07) is 16.8. The Balaban J connectivity index is 1.38. The summed E-state index contributed by atoms with van der Waals surface area (Å²) in [6.07, 6.45) is 3.21. The minimum atomic E-state index is -1.19. The maximum Gasteiger partial charge on any atom is 0.325 e. The summed E-state index contributed by atoms with van der Waals surface area (Å²) < 4.78 is 0. The van der Waals surface area contributed by atoms with E-state index in [9.17, 15) is 14.4 Å². The van der Waals surface area contributed by atoms with Crippen molar-refractivity contribution in [2.75, 3.05) is 19.6 Å². The van der Waals surface area contributed by atoms with E-state index in [2.05, 4.69) is 17.4 Å². The summed E-state index contributed by atoms with van der Waals surface area (Å²) in [5, 5.41) is 3.30. The van der Waals surface area contributed by atoms with Gasteiger partial charge in [-0.05, 0) is 54.9 Å². The van der Waals surface area contributed by atoms with E-state index in [-0.39, 0.29) is 12.5 Å². The quantitative estimate of drug-likeness (QED) is 0.672. The maximum atomic E-state index is 13.3. The van der Waals surface area contributed by atoms with Crippen molar-refractivity contribution in [1.82, 2.24) is 15.1 Å². The Labute approximate surface area is 193 Å². The highest BCUT2D eigenvalue weighted by Crippen LogP contribution is 2.33. The maximum absolute atomic E-state index is 13.3. The Bertz CT molecular complexity index is 1000. The van der Waals surface area contributed by atoms with Crippen molar-refractivity contribution in [2.45, 2.75) is 38.1 Å². The lowest BCUT2D eigenvalue weighted by Gasteiger charge is -2.33. The number of imide groups is 1. The van der Waals surface area contributed by atoms with Crippen molar-refractivity contribution in [3.8, 4) is 0 Å². The molecule has 0 spiro atoms. The highest BCUT2D eigenvalue weighted by molar-refractivity contribution is 6.30. The number of benzene rings is 2. The Morgan fingerprint density at radius 1 is 1.09 bits per heavy atom. The molecule has 1 atom stereocenters. The second-order valence-electron chi connectivity index (χ2n) is 8.60. The van der Waals surface area contributed by atoms with E-state index >= 15 is 0 Å². The number of halogens is 1. The molecule has 2 heterocycles. The second-order valence-corrected chi connectivity index (χ2v) is 9.04. The molecule has 4 amide bonds. The molecule has 0 aliphatic carbocycles. The van der Waals surface area contributed by atoms with Crippen molar-refractivity contribution >= 4 is 29.4 Å². The van der Waals surface area contributed by atoms with Gasteiger partial charge in [0.15, 0.2) is 0 Å². The monoisotopic (exact) mass is 453 g/mol. The zero-order valence-corrected chi connectivity index (χ0v) is 19.0. The van der Waals surface area contributed by atoms with Crippen LogP contribution in [-0.4, -0.2) is 47.3 Å². The molecule has 2 saturated heterocycles. The van der Waals surface area contributed by atoms with Gasteiger partial charge >= 0.3 is 6.03 Å². The largest absolute Gasteiger partial charge is 0.341 e. The van der Waals surface area contributed by atoms with Crippen LogP contribution in [0, 0.1) is 5.92 Å². The number of carbonyl (C=O) groups excluding carboxylic acids is 3. The average molecular weight is 454 g/mol. The Morgan fingerprint density at radius 3 is 2.47 bits per heavy atom. The fourth-order valence-electron chi connectivity index (χ4n) is 4.73. The number of urea groups is 1. The molecule has 0 aromatic heterocycles. The molecule has 2 aromatic carbocycles. The lowest BCUT2D eigenvalue weighted by atomic mass is 9.87. The number of hydrogen-bond donors (Lipinski definition) is 1. The lowest BCUT2D eigenvalue weighted by Crippen LogP contribution is -2.47. The van der Waals surface area contributed by atoms with Gasteiger partial charge in [0.05, 0.1) is 0 Å². The lowest BCUT2D eigenvalue weighted by molar-refractivity contribution is -0.140. The number of likely N-dealkylation sites (tertiary alicyclic amines) is 1. The Morgan fingerprint density at radius 2 is 1.81 bits per heavy atom. The molecule has 2 aromatic rings. The van der Waals surface area contributed by atoms with E-state index < -0.39 is 17.5 Å². The van der Waals surface area contributed by atoms with Crippen molar-refractivity contribution < 1.29 is 14.4 Å². The number of rotatable bonds is 6. The highest BCUT2D eigenvalue weighted by atomic mass is 35.5. The molecule has 2 fully saturated rings. The van der Waals surface area contributed by atoms with Crippen LogP contribution in [0.1, 0.15) is 37.3 Å². The molecular formula is C25H28ClN3O3. The smallest absolute Gasteiger partial charge is 0.325 e. The predicted molar refractivity (Wildman–Crippen MR) is 123 cm³/mol. The van der Waals surface area contributed by atoms with E-state index in [4.69, 9.17) is 11.6 Å². The van der Waals surface area contributed by atoms with Crippen LogP contribution in [0.15, 0.2) is 54.6 Å². The molecule has 1 N–H and O–H groups in total. The van der Waals surface area contributed by atoms with Crippen LogP contribution in [0.2, 0.25) is 5.02 Å². The summed E-state index contributed by atoms with van der Waals surface area (Å²) in [4.78, 5) is 41.7. The molecule has 0 saturated carbocycles. The second kappa shape index (κ2) is 9.33. The fourth-order valence-corrected chi connectivity index (χ4v) is 4.92. The van der Waals surface area contributed by atoms with Gasteiger partial charge in [0, 0.05) is 18.1 Å². The van der Waals surface area contributed by atoms with Gasteiger partial charge in [-0.3, -0.25) is 14.5 Å². The minimum absolute atomic E-state index is 0.190. The first-order valence-electron chi connectivity index (χ1n) is 11.1. The molecule has 4 rings (SSSR count). The van der Waals surface area contributed by atoms with Crippen LogP contribution in [-0.2, 0) is 21.5 Å². The SMILES string of the molecule is CC[C@@]1(c2cccc(Cl)c2)NC(=O)N(CC(=O)N2CCC(Cc3ccccc3)CC2)C1=O. The molecule has 2 aliphatic rings. The molecule has 2 aliphatic heterocycles. The molecule has 0 unspecified atom stereocenters. The van der Waals surface area contributed by atoms with Gasteiger partial charge in [0.25, 0.3) is 5.91 Å². The van der Waals surface area contributed by atoms with Gasteiger partial charge in [-0.15, -0.1) is 0 Å². The molecule has 168 valence electrons. The predicted octanol–water partition coefficient (Wildman–Crippen LogP) is 3.98. The van der Waals surface area contributed by atoms with E-state index in [0.29, 0.717) is 36.0 Å². The van der Waals surface area contributed by atoms with Crippen molar-refractivity contribution in [1.29, 1.82) is 0 Å². The molecule has 7 heteroatoms. The zero-order valence-electron chi connectivity index (χ0n) is 18.2. The van der Waals surface area contributed by atoms with Gasteiger partial charge in [0.2, 0.25) is 5.91 Å². The first-order chi connectivity index (χ1) is 15.4. The van der Waals surface area contributed by atoms with Gasteiger partial charge < -0.3 is 10.2 Å². The van der Waals surface area contributed by atoms with Crippen LogP contribution in [0.25, 0.3) is 0 Å². The van der Waals surface area contributed by atoms with E-state index in [1.165, 1.54) is 5.56 Å². The average Bonchev–Trinajstić information content (AvgIpc) is 3.05. The summed E-state index contributed by atoms with van der Waals surface area (Å²) >= 11 is 6.11. The van der Waals surface area contributed by atoms with Crippen LogP contribution < -0.4 is 5.32 Å². The van der Waals surface area contributed by atoms with Gasteiger partial charge in [-0.1, -0.05) is 61.0 Å². The third-order valence-corrected chi connectivity index (χ3v) is 6.89. The molecule has 0 bridgehead atoms. The number of nitrogens with one attached hydrogen (secondary N) is 1. The van der Waals surface area contributed by atoms with Crippen LogP contribution in [0.3, 0.4) is 0 Å². The van der Waals surface area contributed by atoms with Crippen LogP contribution >= 0.6 is 11.6 Å². The fraction of sp³-hybridized carbons (Fsp3) is 0.400. The topological polar surface area (TPSA) is 69.7 Å². The van der Waals surface area contributed by atoms with Gasteiger partial charge in [0.1, 0.15) is 12.1 Å². The van der Waals surface area contributed by atoms with E-state index in [1.54, 1.807) is 29.2 Å². The zero-order chi connectivity index (χ0) is 22.7. The third kappa shape index (κ3) is 4.37. The van der Waals surface area contributed by atoms with Gasteiger partial charge in [-0.2, -0.15) is 0 Å². The van der Waals surface area contributed by atoms with Crippen molar-refractivity contribution in [3.63, 3.8) is 0 Å². The van der Waals surface area contributed by atoms with Crippen molar-refractivity contribution in [3.05, 3.63) is 70.7 Å². The number of nitrogens with zero attached hydrogens (tertiary/aromatic N) is 2. The van der Waals surface area contributed by atoms with Crippen molar-refractivity contribution in [2.24, 2.45) is 5.92 Å². The molecule has 32 heavy (non-hydrogen) atoms. The van der Waals surface area contributed by atoms with Gasteiger partial charge in [-0.25, -0.2) is 4.79 Å². The summed E-state index contributed by atoms with van der Waals surface area (Å²) in [5.41, 5.74) is 0.751. The Kier molecular flexibility index (Phi) is 6.51. The van der Waals surface area contributed by atoms with E-state index in [1.807, 2.05) is 25.1 Å². The summed E-state index contributed by atoms with van der Waals surface area (Å²) in [7, 11) is 0. The first kappa shape index (κ1) is 22.3. The number of amides is 4. The van der Waals surface area contributed by atoms with Crippen LogP contribution in [0.4, 0.5) is 4.79 Å². The molecule has 6 nitrogen and oxygen atoms in total. The summed E-state index contributed by atoms with van der Waals surface area (Å²) in [5.74, 6) is -0.0574. The minimum Gasteiger partial charge on any atom is -0.341 e. The third-order valence-electron chi connectivity index (χ3n) is 6.65. The van der Waals surface area contributed by atoms with E-state index in [0.717, 1.165) is 24.2 Å². The molecule has 0 radical (unpaired) electrons. The number of piperidine rings is 1. The number of carbonyl (C=O) groups is 3. The Hall–Kier alpha value is -2.86.